The number of likely N-dealkylation sites (tertiary alicyclic amines) is 1. The fourth-order valence-electron chi connectivity index (χ4n) is 4.89. The van der Waals surface area contributed by atoms with Crippen LogP contribution in [0.5, 0.6) is 0 Å². The summed E-state index contributed by atoms with van der Waals surface area (Å²) in [6.07, 6.45) is -0.525. The Hall–Kier alpha value is -2.26. The zero-order valence-corrected chi connectivity index (χ0v) is 18.8. The highest BCUT2D eigenvalue weighted by Gasteiger charge is 2.60. The zero-order chi connectivity index (χ0) is 22.5. The van der Waals surface area contributed by atoms with Gasteiger partial charge in [-0.2, -0.15) is 13.2 Å². The number of hydrogen-bond donors (Lipinski definition) is 0. The van der Waals surface area contributed by atoms with E-state index < -0.39 is 11.7 Å². The largest absolute Gasteiger partial charge is 0.461 e. The predicted molar refractivity (Wildman–Crippen MR) is 116 cm³/mol. The topological polar surface area (TPSA) is 47.1 Å². The summed E-state index contributed by atoms with van der Waals surface area (Å²) in [5.74, 6) is 2.96. The Bertz CT molecular complexity index is 1110. The minimum absolute atomic E-state index is 0.0522. The highest BCUT2D eigenvalue weighted by atomic mass is 32.2. The second kappa shape index (κ2) is 7.95. The van der Waals surface area contributed by atoms with E-state index in [1.165, 1.54) is 12.1 Å². The van der Waals surface area contributed by atoms with Gasteiger partial charge in [0.1, 0.15) is 0 Å². The number of hydrogen-bond acceptors (Lipinski definition) is 5. The molecule has 1 aliphatic carbocycles. The lowest BCUT2D eigenvalue weighted by molar-refractivity contribution is -0.137. The van der Waals surface area contributed by atoms with E-state index in [4.69, 9.17) is 4.42 Å². The molecule has 0 radical (unpaired) electrons. The average Bonchev–Trinajstić information content (AvgIpc) is 3.05. The molecule has 0 bridgehead atoms. The number of nitrogens with zero attached hydrogens (tertiary/aromatic N) is 4. The molecule has 5 rings (SSSR count). The maximum Gasteiger partial charge on any atom is 0.416 e. The van der Waals surface area contributed by atoms with Gasteiger partial charge in [0, 0.05) is 31.3 Å². The molecule has 3 aromatic rings. The van der Waals surface area contributed by atoms with Gasteiger partial charge in [-0.1, -0.05) is 23.9 Å². The van der Waals surface area contributed by atoms with Crippen LogP contribution in [0.2, 0.25) is 0 Å². The van der Waals surface area contributed by atoms with E-state index in [0.717, 1.165) is 66.1 Å². The van der Waals surface area contributed by atoms with E-state index in [1.807, 2.05) is 24.6 Å². The molecule has 5 nitrogen and oxygen atoms in total. The number of aryl methyl sites for hydroxylation is 1. The lowest BCUT2D eigenvalue weighted by Crippen LogP contribution is -2.28. The van der Waals surface area contributed by atoms with Gasteiger partial charge in [-0.15, -0.1) is 10.2 Å². The number of thioether (sulfide) groups is 1. The van der Waals surface area contributed by atoms with Crippen molar-refractivity contribution in [2.45, 2.75) is 36.5 Å². The number of piperidine rings is 1. The summed E-state index contributed by atoms with van der Waals surface area (Å²) >= 11 is 1.68. The molecule has 2 unspecified atom stereocenters. The molecule has 170 valence electrons. The number of rotatable bonds is 7. The van der Waals surface area contributed by atoms with Gasteiger partial charge in [-0.3, -0.25) is 0 Å². The van der Waals surface area contributed by atoms with Crippen LogP contribution in [-0.2, 0) is 18.6 Å². The molecule has 3 heterocycles. The Morgan fingerprint density at radius 2 is 1.97 bits per heavy atom. The van der Waals surface area contributed by atoms with E-state index in [2.05, 4.69) is 15.1 Å². The minimum Gasteiger partial charge on any atom is -0.461 e. The molecule has 1 saturated carbocycles. The first-order chi connectivity index (χ1) is 15.3. The lowest BCUT2D eigenvalue weighted by Gasteiger charge is -2.21. The summed E-state index contributed by atoms with van der Waals surface area (Å²) in [6.45, 7) is 4.92. The van der Waals surface area contributed by atoms with Gasteiger partial charge in [0.15, 0.2) is 16.7 Å². The Balaban J connectivity index is 1.12. The summed E-state index contributed by atoms with van der Waals surface area (Å²) in [4.78, 5) is 2.45. The van der Waals surface area contributed by atoms with Crippen molar-refractivity contribution in [3.63, 3.8) is 0 Å². The molecule has 1 aromatic carbocycles. The summed E-state index contributed by atoms with van der Waals surface area (Å²) in [7, 11) is 1.95. The van der Waals surface area contributed by atoms with Gasteiger partial charge in [0.05, 0.1) is 11.8 Å². The molecular formula is C23H25F3N4OS. The second-order valence-electron chi connectivity index (χ2n) is 8.87. The summed E-state index contributed by atoms with van der Waals surface area (Å²) in [5, 5.41) is 9.43. The van der Waals surface area contributed by atoms with Gasteiger partial charge < -0.3 is 13.9 Å². The fraction of sp³-hybridized carbons (Fsp3) is 0.478. The van der Waals surface area contributed by atoms with Crippen molar-refractivity contribution in [2.75, 3.05) is 25.4 Å². The van der Waals surface area contributed by atoms with Gasteiger partial charge in [-0.05, 0) is 61.6 Å². The smallest absolute Gasteiger partial charge is 0.416 e. The summed E-state index contributed by atoms with van der Waals surface area (Å²) < 4.78 is 46.0. The van der Waals surface area contributed by atoms with E-state index in [9.17, 15) is 13.2 Å². The first-order valence-corrected chi connectivity index (χ1v) is 11.7. The lowest BCUT2D eigenvalue weighted by atomic mass is 9.94. The molecule has 0 amide bonds. The molecule has 0 spiro atoms. The molecular weight excluding hydrogens is 437 g/mol. The van der Waals surface area contributed by atoms with Crippen molar-refractivity contribution >= 4 is 11.8 Å². The maximum atomic E-state index is 12.9. The highest BCUT2D eigenvalue weighted by Crippen LogP contribution is 2.59. The van der Waals surface area contributed by atoms with E-state index in [0.29, 0.717) is 5.92 Å². The summed E-state index contributed by atoms with van der Waals surface area (Å²) in [5.41, 5.74) is 1.56. The third kappa shape index (κ3) is 3.85. The number of fused-ring (bicyclic) bond motifs is 1. The maximum absolute atomic E-state index is 12.9. The molecule has 2 atom stereocenters. The predicted octanol–water partition coefficient (Wildman–Crippen LogP) is 5.16. The summed E-state index contributed by atoms with van der Waals surface area (Å²) in [6, 6.07) is 7.70. The van der Waals surface area contributed by atoms with Gasteiger partial charge >= 0.3 is 6.18 Å². The number of alkyl halides is 3. The molecule has 1 saturated heterocycles. The molecule has 9 heteroatoms. The molecule has 2 aromatic heterocycles. The average molecular weight is 463 g/mol. The normalized spacial score (nSPS) is 23.0. The first kappa shape index (κ1) is 21.6. The Morgan fingerprint density at radius 3 is 2.66 bits per heavy atom. The molecule has 2 fully saturated rings. The number of halogens is 3. The third-order valence-corrected chi connectivity index (χ3v) is 7.86. The number of furan rings is 1. The van der Waals surface area contributed by atoms with Gasteiger partial charge in [0.25, 0.3) is 0 Å². The van der Waals surface area contributed by atoms with Crippen LogP contribution in [0.3, 0.4) is 0 Å². The van der Waals surface area contributed by atoms with Crippen LogP contribution in [0.4, 0.5) is 13.2 Å². The van der Waals surface area contributed by atoms with Crippen LogP contribution in [-0.4, -0.2) is 45.1 Å². The van der Waals surface area contributed by atoms with Crippen LogP contribution in [0.1, 0.15) is 29.5 Å². The zero-order valence-electron chi connectivity index (χ0n) is 18.0. The van der Waals surface area contributed by atoms with E-state index >= 15 is 0 Å². The van der Waals surface area contributed by atoms with Crippen molar-refractivity contribution in [1.82, 2.24) is 19.7 Å². The first-order valence-electron chi connectivity index (χ1n) is 10.7. The van der Waals surface area contributed by atoms with Crippen LogP contribution < -0.4 is 0 Å². The molecule has 32 heavy (non-hydrogen) atoms. The van der Waals surface area contributed by atoms with Gasteiger partial charge in [0.2, 0.25) is 0 Å². The standard InChI is InChI=1S/C23H25F3N4OS/c1-15-8-10-31-19(15)20-27-28-21(29(20)2)32-11-3-9-30-13-18-12-22(18,14-30)16-4-6-17(7-5-16)23(24,25)26/h4-8,10,18H,3,9,11-14H2,1-2H3. The minimum atomic E-state index is -4.28. The van der Waals surface area contributed by atoms with Crippen LogP contribution in [0.15, 0.2) is 46.2 Å². The monoisotopic (exact) mass is 462 g/mol. The molecule has 0 N–H and O–H groups in total. The van der Waals surface area contributed by atoms with Crippen molar-refractivity contribution in [2.24, 2.45) is 13.0 Å². The number of aromatic nitrogens is 3. The molecule has 2 aliphatic rings. The van der Waals surface area contributed by atoms with E-state index in [-0.39, 0.29) is 5.41 Å². The highest BCUT2D eigenvalue weighted by molar-refractivity contribution is 7.99. The number of benzene rings is 1. The van der Waals surface area contributed by atoms with Gasteiger partial charge in [-0.25, -0.2) is 0 Å². The Kier molecular flexibility index (Phi) is 5.36. The second-order valence-corrected chi connectivity index (χ2v) is 9.93. The third-order valence-electron chi connectivity index (χ3n) is 6.75. The van der Waals surface area contributed by atoms with Crippen LogP contribution >= 0.6 is 11.8 Å². The van der Waals surface area contributed by atoms with Crippen molar-refractivity contribution in [1.29, 1.82) is 0 Å². The van der Waals surface area contributed by atoms with Crippen molar-refractivity contribution in [3.8, 4) is 11.6 Å². The Labute approximate surface area is 189 Å². The van der Waals surface area contributed by atoms with Crippen molar-refractivity contribution < 1.29 is 17.6 Å². The SMILES string of the molecule is Cc1ccoc1-c1nnc(SCCCN2CC3CC3(c3ccc(C(F)(F)F)cc3)C2)n1C. The van der Waals surface area contributed by atoms with Crippen LogP contribution in [0.25, 0.3) is 11.6 Å². The molecule has 1 aliphatic heterocycles. The Morgan fingerprint density at radius 1 is 1.19 bits per heavy atom. The van der Waals surface area contributed by atoms with E-state index in [1.54, 1.807) is 30.2 Å². The quantitative estimate of drug-likeness (QED) is 0.359. The fourth-order valence-corrected chi connectivity index (χ4v) is 5.72. The van der Waals surface area contributed by atoms with Crippen LogP contribution in [0, 0.1) is 12.8 Å². The van der Waals surface area contributed by atoms with Crippen molar-refractivity contribution in [3.05, 3.63) is 53.3 Å².